The zero-order chi connectivity index (χ0) is 11.4. The second-order valence-corrected chi connectivity index (χ2v) is 2.56. The maximum Gasteiger partial charge on any atom is 0.315 e. The van der Waals surface area contributed by atoms with Gasteiger partial charge in [-0.25, -0.2) is 0 Å². The van der Waals surface area contributed by atoms with Gasteiger partial charge in [0.2, 0.25) is 0 Å². The summed E-state index contributed by atoms with van der Waals surface area (Å²) >= 11 is 7.35. The van der Waals surface area contributed by atoms with Gasteiger partial charge in [-0.05, 0) is 13.8 Å². The zero-order valence-corrected chi connectivity index (χ0v) is 13.8. The molecule has 0 aromatic heterocycles. The van der Waals surface area contributed by atoms with Gasteiger partial charge in [0.15, 0.2) is 0 Å². The van der Waals surface area contributed by atoms with Crippen LogP contribution in [0.1, 0.15) is 13.8 Å². The molecule has 0 aliphatic carbocycles. The molecule has 0 spiro atoms. The van der Waals surface area contributed by atoms with Gasteiger partial charge in [0, 0.05) is 19.5 Å². The fraction of sp³-hybridized carbons (Fsp3) is 0.750. The van der Waals surface area contributed by atoms with Gasteiger partial charge in [-0.2, -0.15) is 25.3 Å². The van der Waals surface area contributed by atoms with E-state index in [4.69, 9.17) is 0 Å². The Labute approximate surface area is 114 Å². The molecule has 0 bridgehead atoms. The summed E-state index contributed by atoms with van der Waals surface area (Å²) in [6, 6.07) is 0. The molecule has 0 fully saturated rings. The van der Waals surface area contributed by atoms with Gasteiger partial charge in [0.05, 0.1) is 24.7 Å². The fourth-order valence-corrected chi connectivity index (χ4v) is 0.596. The van der Waals surface area contributed by atoms with E-state index in [-0.39, 0.29) is 42.9 Å². The van der Waals surface area contributed by atoms with Crippen molar-refractivity contribution in [2.75, 3.05) is 24.7 Å². The predicted molar refractivity (Wildman–Crippen MR) is 61.0 cm³/mol. The molecule has 7 heteroatoms. The summed E-state index contributed by atoms with van der Waals surface area (Å²) < 4.78 is 8.95. The number of rotatable bonds is 4. The zero-order valence-electron chi connectivity index (χ0n) is 9.06. The molecule has 0 heterocycles. The molecule has 0 aliphatic heterocycles. The van der Waals surface area contributed by atoms with Gasteiger partial charge < -0.3 is 9.47 Å². The number of esters is 2. The Bertz CT molecular complexity index is 149. The van der Waals surface area contributed by atoms with Crippen LogP contribution in [0.25, 0.3) is 0 Å². The average Bonchev–Trinajstić information content (AvgIpc) is 2.19. The Morgan fingerprint density at radius 1 is 0.933 bits per heavy atom. The third-order valence-corrected chi connectivity index (χ3v) is 1.39. The topological polar surface area (TPSA) is 52.6 Å². The van der Waals surface area contributed by atoms with Crippen molar-refractivity contribution in [1.29, 1.82) is 0 Å². The second kappa shape index (κ2) is 16.7. The van der Waals surface area contributed by atoms with E-state index in [1.54, 1.807) is 13.8 Å². The third-order valence-electron chi connectivity index (χ3n) is 0.869. The largest absolute Gasteiger partial charge is 0.465 e. The average molecular weight is 306 g/mol. The van der Waals surface area contributed by atoms with Gasteiger partial charge in [0.1, 0.15) is 0 Å². The maximum atomic E-state index is 10.1. The number of thiol groups is 2. The molecule has 0 N–H and O–H groups in total. The van der Waals surface area contributed by atoms with Crippen molar-refractivity contribution >= 4 is 37.2 Å². The minimum absolute atomic E-state index is 0. The van der Waals surface area contributed by atoms with Crippen molar-refractivity contribution in [3.63, 3.8) is 0 Å². The van der Waals surface area contributed by atoms with E-state index in [0.29, 0.717) is 13.2 Å². The molecule has 0 rings (SSSR count). The first-order valence-electron chi connectivity index (χ1n) is 4.15. The van der Waals surface area contributed by atoms with Crippen molar-refractivity contribution in [2.24, 2.45) is 0 Å². The summed E-state index contributed by atoms with van der Waals surface area (Å²) in [6.45, 7) is 4.42. The van der Waals surface area contributed by atoms with E-state index >= 15 is 0 Å². The normalized spacial score (nSPS) is 7.73. The van der Waals surface area contributed by atoms with Gasteiger partial charge in [-0.1, -0.05) is 0 Å². The monoisotopic (exact) mass is 304 g/mol. The van der Waals surface area contributed by atoms with Gasteiger partial charge in [-0.3, -0.25) is 9.59 Å². The van der Waals surface area contributed by atoms with Crippen LogP contribution in [0.3, 0.4) is 0 Å². The SMILES string of the molecule is CCOC(=O)CS.CCOC(=O)CS.[Zn]. The quantitative estimate of drug-likeness (QED) is 0.461. The first kappa shape index (κ1) is 20.6. The molecule has 0 unspecified atom stereocenters. The summed E-state index contributed by atoms with van der Waals surface area (Å²) in [5.41, 5.74) is 0. The smallest absolute Gasteiger partial charge is 0.315 e. The molecule has 0 saturated carbocycles. The first-order chi connectivity index (χ1) is 6.62. The van der Waals surface area contributed by atoms with E-state index in [0.717, 1.165) is 0 Å². The summed E-state index contributed by atoms with van der Waals surface area (Å²) in [4.78, 5) is 20.2. The van der Waals surface area contributed by atoms with Crippen LogP contribution in [0.4, 0.5) is 0 Å². The van der Waals surface area contributed by atoms with Crippen molar-refractivity contribution in [1.82, 2.24) is 0 Å². The number of hydrogen-bond acceptors (Lipinski definition) is 6. The van der Waals surface area contributed by atoms with Crippen LogP contribution in [0.5, 0.6) is 0 Å². The minimum Gasteiger partial charge on any atom is -0.465 e. The van der Waals surface area contributed by atoms with Crippen LogP contribution in [-0.4, -0.2) is 36.7 Å². The molecular weight excluding hydrogens is 290 g/mol. The van der Waals surface area contributed by atoms with E-state index in [9.17, 15) is 9.59 Å². The molecule has 0 aromatic rings. The van der Waals surface area contributed by atoms with Gasteiger partial charge >= 0.3 is 11.9 Å². The van der Waals surface area contributed by atoms with Crippen molar-refractivity contribution in [3.05, 3.63) is 0 Å². The van der Waals surface area contributed by atoms with Crippen LogP contribution in [0.2, 0.25) is 0 Å². The summed E-state index contributed by atoms with van der Waals surface area (Å²) in [5.74, 6) is -0.168. The van der Waals surface area contributed by atoms with E-state index in [1.165, 1.54) is 0 Å². The van der Waals surface area contributed by atoms with E-state index in [2.05, 4.69) is 34.7 Å². The minimum atomic E-state index is -0.258. The predicted octanol–water partition coefficient (Wildman–Crippen LogP) is 0.956. The van der Waals surface area contributed by atoms with Crippen molar-refractivity contribution in [2.45, 2.75) is 13.8 Å². The van der Waals surface area contributed by atoms with Crippen LogP contribution in [0, 0.1) is 0 Å². The number of ether oxygens (including phenoxy) is 2. The van der Waals surface area contributed by atoms with Crippen LogP contribution < -0.4 is 0 Å². The Balaban J connectivity index is -0.000000180. The molecule has 86 valence electrons. The molecule has 0 amide bonds. The van der Waals surface area contributed by atoms with Crippen LogP contribution in [-0.2, 0) is 38.5 Å². The molecule has 0 radical (unpaired) electrons. The maximum absolute atomic E-state index is 10.1. The molecule has 0 saturated heterocycles. The van der Waals surface area contributed by atoms with Crippen LogP contribution in [0.15, 0.2) is 0 Å². The third kappa shape index (κ3) is 20.4. The molecular formula is C8H16O4S2Zn. The summed E-state index contributed by atoms with van der Waals surface area (Å²) in [5, 5.41) is 0. The van der Waals surface area contributed by atoms with E-state index in [1.807, 2.05) is 0 Å². The Hall–Kier alpha value is 0.263. The van der Waals surface area contributed by atoms with Gasteiger partial charge in [0.25, 0.3) is 0 Å². The standard InChI is InChI=1S/2C4H8O2S.Zn/c2*1-2-6-4(5)3-7;/h2*7H,2-3H2,1H3;. The Kier molecular flexibility index (Phi) is 23.0. The Morgan fingerprint density at radius 2 is 1.20 bits per heavy atom. The van der Waals surface area contributed by atoms with E-state index < -0.39 is 0 Å². The number of carbonyl (C=O) groups is 2. The van der Waals surface area contributed by atoms with Gasteiger partial charge in [-0.15, -0.1) is 0 Å². The number of carbonyl (C=O) groups excluding carboxylic acids is 2. The second-order valence-electron chi connectivity index (χ2n) is 1.93. The molecule has 4 nitrogen and oxygen atoms in total. The molecule has 0 aromatic carbocycles. The Morgan fingerprint density at radius 3 is 1.27 bits per heavy atom. The molecule has 15 heavy (non-hydrogen) atoms. The first-order valence-corrected chi connectivity index (χ1v) is 5.41. The van der Waals surface area contributed by atoms with Crippen molar-refractivity contribution < 1.29 is 38.5 Å². The van der Waals surface area contributed by atoms with Crippen molar-refractivity contribution in [3.8, 4) is 0 Å². The molecule has 0 atom stereocenters. The fourth-order valence-electron chi connectivity index (χ4n) is 0.413. The molecule has 0 aliphatic rings. The number of hydrogen-bond donors (Lipinski definition) is 2. The van der Waals surface area contributed by atoms with Crippen LogP contribution >= 0.6 is 25.3 Å². The summed E-state index contributed by atoms with van der Waals surface area (Å²) in [7, 11) is 0. The summed E-state index contributed by atoms with van der Waals surface area (Å²) in [6.07, 6.45) is 0.